The monoisotopic (exact) mass is 267 g/mol. The predicted octanol–water partition coefficient (Wildman–Crippen LogP) is 3.56. The molecule has 2 aromatic rings. The van der Waals surface area contributed by atoms with Gasteiger partial charge in [0.05, 0.1) is 16.3 Å². The van der Waals surface area contributed by atoms with Crippen LogP contribution in [0.4, 0.5) is 0 Å². The first-order chi connectivity index (χ1) is 7.97. The van der Waals surface area contributed by atoms with E-state index in [-0.39, 0.29) is 0 Å². The molecule has 1 unspecified atom stereocenters. The van der Waals surface area contributed by atoms with Gasteiger partial charge in [0.2, 0.25) is 0 Å². The summed E-state index contributed by atoms with van der Waals surface area (Å²) in [6.07, 6.45) is 0.513. The summed E-state index contributed by atoms with van der Waals surface area (Å²) in [5.74, 6) is 0. The molecule has 90 valence electrons. The Hall–Kier alpha value is -0.900. The summed E-state index contributed by atoms with van der Waals surface area (Å²) < 4.78 is 0. The summed E-state index contributed by atoms with van der Waals surface area (Å²) in [5.41, 5.74) is 0.866. The number of benzene rings is 1. The molecule has 0 aliphatic carbocycles. The van der Waals surface area contributed by atoms with Crippen LogP contribution in [0.1, 0.15) is 23.2 Å². The van der Waals surface area contributed by atoms with Gasteiger partial charge in [0.25, 0.3) is 0 Å². The highest BCUT2D eigenvalue weighted by Gasteiger charge is 2.24. The molecular formula is C13H14ClNOS. The van der Waals surface area contributed by atoms with Crippen LogP contribution in [0.25, 0.3) is 0 Å². The van der Waals surface area contributed by atoms with Gasteiger partial charge >= 0.3 is 0 Å². The third kappa shape index (κ3) is 3.06. The van der Waals surface area contributed by atoms with E-state index in [0.29, 0.717) is 11.4 Å². The first-order valence-corrected chi connectivity index (χ1v) is 6.62. The molecule has 1 aromatic heterocycles. The average Bonchev–Trinajstić information content (AvgIpc) is 2.63. The van der Waals surface area contributed by atoms with Crippen LogP contribution >= 0.6 is 22.9 Å². The largest absolute Gasteiger partial charge is 0.385 e. The van der Waals surface area contributed by atoms with E-state index in [1.807, 2.05) is 24.4 Å². The van der Waals surface area contributed by atoms with Crippen LogP contribution in [0.2, 0.25) is 5.02 Å². The molecule has 0 aliphatic heterocycles. The first kappa shape index (κ1) is 12.6. The number of halogens is 1. The zero-order valence-corrected chi connectivity index (χ0v) is 11.3. The van der Waals surface area contributed by atoms with Gasteiger partial charge in [-0.25, -0.2) is 4.98 Å². The molecule has 1 heterocycles. The number of thiazole rings is 1. The summed E-state index contributed by atoms with van der Waals surface area (Å²) in [6.45, 7) is 3.76. The lowest BCUT2D eigenvalue weighted by Gasteiger charge is -2.22. The van der Waals surface area contributed by atoms with Gasteiger partial charge in [-0.3, -0.25) is 0 Å². The highest BCUT2D eigenvalue weighted by Crippen LogP contribution is 2.26. The second-order valence-corrected chi connectivity index (χ2v) is 5.81. The van der Waals surface area contributed by atoms with E-state index in [1.54, 1.807) is 30.4 Å². The van der Waals surface area contributed by atoms with Gasteiger partial charge in [-0.1, -0.05) is 23.7 Å². The SMILES string of the molecule is Cc1nc(CC(C)(O)c2ccc(Cl)cc2)cs1. The Kier molecular flexibility index (Phi) is 3.52. The second kappa shape index (κ2) is 4.77. The number of nitrogens with zero attached hydrogens (tertiary/aromatic N) is 1. The number of aromatic nitrogens is 1. The van der Waals surface area contributed by atoms with Crippen molar-refractivity contribution in [3.63, 3.8) is 0 Å². The zero-order valence-electron chi connectivity index (χ0n) is 9.77. The molecule has 0 fully saturated rings. The second-order valence-electron chi connectivity index (χ2n) is 4.32. The van der Waals surface area contributed by atoms with E-state index >= 15 is 0 Å². The van der Waals surface area contributed by atoms with Crippen LogP contribution in [0.15, 0.2) is 29.6 Å². The number of hydrogen-bond donors (Lipinski definition) is 1. The maximum atomic E-state index is 10.5. The molecule has 0 bridgehead atoms. The van der Waals surface area contributed by atoms with Crippen molar-refractivity contribution in [3.05, 3.63) is 50.9 Å². The lowest BCUT2D eigenvalue weighted by Crippen LogP contribution is -2.24. The Balaban J connectivity index is 2.21. The summed E-state index contributed by atoms with van der Waals surface area (Å²) >= 11 is 7.43. The third-order valence-electron chi connectivity index (χ3n) is 2.66. The molecule has 0 saturated heterocycles. The van der Waals surface area contributed by atoms with Gasteiger partial charge in [0.1, 0.15) is 0 Å². The van der Waals surface area contributed by atoms with Gasteiger partial charge in [0.15, 0.2) is 0 Å². The van der Waals surface area contributed by atoms with Crippen LogP contribution in [0.5, 0.6) is 0 Å². The number of aryl methyl sites for hydroxylation is 1. The summed E-state index contributed by atoms with van der Waals surface area (Å²) in [6, 6.07) is 7.28. The lowest BCUT2D eigenvalue weighted by atomic mass is 9.91. The molecule has 0 radical (unpaired) electrons. The Bertz CT molecular complexity index is 504. The Morgan fingerprint density at radius 3 is 2.53 bits per heavy atom. The molecule has 2 nitrogen and oxygen atoms in total. The fraction of sp³-hybridized carbons (Fsp3) is 0.308. The van der Waals surface area contributed by atoms with Crippen molar-refractivity contribution in [3.8, 4) is 0 Å². The van der Waals surface area contributed by atoms with Gasteiger partial charge in [0, 0.05) is 16.8 Å². The molecule has 0 aliphatic rings. The topological polar surface area (TPSA) is 33.1 Å². The van der Waals surface area contributed by atoms with Crippen molar-refractivity contribution < 1.29 is 5.11 Å². The minimum absolute atomic E-state index is 0.513. The van der Waals surface area contributed by atoms with Gasteiger partial charge in [-0.05, 0) is 31.5 Å². The van der Waals surface area contributed by atoms with Gasteiger partial charge in [-0.2, -0.15) is 0 Å². The maximum absolute atomic E-state index is 10.5. The van der Waals surface area contributed by atoms with Gasteiger partial charge < -0.3 is 5.11 Å². The van der Waals surface area contributed by atoms with E-state index in [1.165, 1.54) is 0 Å². The predicted molar refractivity (Wildman–Crippen MR) is 71.6 cm³/mol. The zero-order chi connectivity index (χ0) is 12.5. The Morgan fingerprint density at radius 2 is 2.00 bits per heavy atom. The van der Waals surface area contributed by atoms with Crippen LogP contribution in [0.3, 0.4) is 0 Å². The number of rotatable bonds is 3. The molecule has 0 spiro atoms. The van der Waals surface area contributed by atoms with Crippen LogP contribution < -0.4 is 0 Å². The fourth-order valence-corrected chi connectivity index (χ4v) is 2.49. The highest BCUT2D eigenvalue weighted by atomic mass is 35.5. The molecule has 0 saturated carbocycles. The van der Waals surface area contributed by atoms with E-state index < -0.39 is 5.60 Å². The van der Waals surface area contributed by atoms with E-state index in [2.05, 4.69) is 4.98 Å². The van der Waals surface area contributed by atoms with E-state index in [4.69, 9.17) is 11.6 Å². The third-order valence-corrected chi connectivity index (χ3v) is 3.73. The molecule has 1 N–H and O–H groups in total. The van der Waals surface area contributed by atoms with Crippen molar-refractivity contribution in [1.82, 2.24) is 4.98 Å². The smallest absolute Gasteiger partial charge is 0.0924 e. The molecule has 1 aromatic carbocycles. The van der Waals surface area contributed by atoms with E-state index in [9.17, 15) is 5.11 Å². The van der Waals surface area contributed by atoms with Crippen molar-refractivity contribution in [2.24, 2.45) is 0 Å². The molecule has 1 atom stereocenters. The summed E-state index contributed by atoms with van der Waals surface area (Å²) in [7, 11) is 0. The van der Waals surface area contributed by atoms with Crippen molar-refractivity contribution in [1.29, 1.82) is 0 Å². The lowest BCUT2D eigenvalue weighted by molar-refractivity contribution is 0.0567. The molecule has 17 heavy (non-hydrogen) atoms. The Labute approximate surface area is 110 Å². The van der Waals surface area contributed by atoms with Gasteiger partial charge in [-0.15, -0.1) is 11.3 Å². The minimum atomic E-state index is -0.912. The fourth-order valence-electron chi connectivity index (χ4n) is 1.75. The minimum Gasteiger partial charge on any atom is -0.385 e. The van der Waals surface area contributed by atoms with Crippen LogP contribution in [0, 0.1) is 6.92 Å². The first-order valence-electron chi connectivity index (χ1n) is 5.37. The quantitative estimate of drug-likeness (QED) is 0.923. The van der Waals surface area contributed by atoms with Crippen LogP contribution in [-0.2, 0) is 12.0 Å². The average molecular weight is 268 g/mol. The summed E-state index contributed by atoms with van der Waals surface area (Å²) in [4.78, 5) is 4.37. The maximum Gasteiger partial charge on any atom is 0.0924 e. The highest BCUT2D eigenvalue weighted by molar-refractivity contribution is 7.09. The van der Waals surface area contributed by atoms with Crippen LogP contribution in [-0.4, -0.2) is 10.1 Å². The normalized spacial score (nSPS) is 14.6. The Morgan fingerprint density at radius 1 is 1.35 bits per heavy atom. The van der Waals surface area contributed by atoms with Crippen molar-refractivity contribution >= 4 is 22.9 Å². The molecule has 0 amide bonds. The summed E-state index contributed by atoms with van der Waals surface area (Å²) in [5, 5.41) is 14.1. The van der Waals surface area contributed by atoms with E-state index in [0.717, 1.165) is 16.3 Å². The molecule has 2 rings (SSSR count). The molecule has 4 heteroatoms. The van der Waals surface area contributed by atoms with Crippen molar-refractivity contribution in [2.45, 2.75) is 25.9 Å². The number of aliphatic hydroxyl groups is 1. The standard InChI is InChI=1S/C13H14ClNOS/c1-9-15-12(8-17-9)7-13(2,16)10-3-5-11(14)6-4-10/h3-6,8,16H,7H2,1-2H3. The number of hydrogen-bond acceptors (Lipinski definition) is 3. The molecular weight excluding hydrogens is 254 g/mol. The van der Waals surface area contributed by atoms with Crippen molar-refractivity contribution in [2.75, 3.05) is 0 Å².